The average Bonchev–Trinajstić information content (AvgIpc) is 3.47. The Morgan fingerprint density at radius 3 is 1.48 bits per heavy atom. The van der Waals surface area contributed by atoms with Crippen LogP contribution in [0.15, 0.2) is 200 Å². The van der Waals surface area contributed by atoms with Gasteiger partial charge in [-0.25, -0.2) is 0 Å². The molecule has 10 rings (SSSR count). The molecule has 1 aliphatic rings. The van der Waals surface area contributed by atoms with Crippen LogP contribution in [0.25, 0.3) is 66.1 Å². The van der Waals surface area contributed by atoms with Gasteiger partial charge in [-0.1, -0.05) is 166 Å². The summed E-state index contributed by atoms with van der Waals surface area (Å²) in [6, 6.07) is 73.4. The van der Waals surface area contributed by atoms with Crippen molar-refractivity contribution in [3.8, 4) is 44.5 Å². The highest BCUT2D eigenvalue weighted by Gasteiger charge is 2.35. The molecule has 0 fully saturated rings. The van der Waals surface area contributed by atoms with Gasteiger partial charge in [0.25, 0.3) is 0 Å². The van der Waals surface area contributed by atoms with Crippen molar-refractivity contribution in [3.05, 3.63) is 211 Å². The maximum Gasteiger partial charge on any atom is 0.0467 e. The second-order valence-corrected chi connectivity index (χ2v) is 15.0. The molecular formula is C53H39N. The number of hydrogen-bond acceptors (Lipinski definition) is 1. The molecule has 0 heterocycles. The van der Waals surface area contributed by atoms with E-state index in [0.29, 0.717) is 0 Å². The minimum absolute atomic E-state index is 0.0923. The maximum absolute atomic E-state index is 2.41. The van der Waals surface area contributed by atoms with E-state index in [1.165, 1.54) is 77.2 Å². The van der Waals surface area contributed by atoms with Gasteiger partial charge in [0.2, 0.25) is 0 Å². The molecule has 1 aliphatic carbocycles. The Bertz CT molecular complexity index is 2830. The van der Waals surface area contributed by atoms with Crippen molar-refractivity contribution in [2.45, 2.75) is 19.3 Å². The molecular weight excluding hydrogens is 651 g/mol. The summed E-state index contributed by atoms with van der Waals surface area (Å²) in [7, 11) is 0. The molecule has 256 valence electrons. The monoisotopic (exact) mass is 689 g/mol. The first kappa shape index (κ1) is 32.0. The molecule has 0 saturated heterocycles. The summed E-state index contributed by atoms with van der Waals surface area (Å²) in [6.45, 7) is 4.71. The Labute approximate surface area is 317 Å². The normalized spacial score (nSPS) is 12.8. The fourth-order valence-electron chi connectivity index (χ4n) is 8.60. The van der Waals surface area contributed by atoms with E-state index in [4.69, 9.17) is 0 Å². The molecule has 0 bridgehead atoms. The second-order valence-electron chi connectivity index (χ2n) is 15.0. The first-order chi connectivity index (χ1) is 26.5. The molecule has 0 radical (unpaired) electrons. The van der Waals surface area contributed by atoms with Gasteiger partial charge in [0.1, 0.15) is 0 Å². The second kappa shape index (κ2) is 12.8. The molecule has 0 aliphatic heterocycles. The van der Waals surface area contributed by atoms with Crippen LogP contribution in [0.5, 0.6) is 0 Å². The standard InChI is InChI=1S/C53H39N/c1-53(2)51-19-10-9-18-49(51)50-31-28-46(35-52(50)53)54(44-26-22-38(23-27-44)36-12-5-3-6-13-36)45-17-11-16-39(34-45)41-25-30-48-43(33-41)21-20-42-32-40(24-29-47(42)48)37-14-7-4-8-15-37/h3-35H,1-2H3. The Morgan fingerprint density at radius 2 is 0.796 bits per heavy atom. The first-order valence-electron chi connectivity index (χ1n) is 18.8. The maximum atomic E-state index is 2.41. The fourth-order valence-corrected chi connectivity index (χ4v) is 8.60. The van der Waals surface area contributed by atoms with E-state index in [-0.39, 0.29) is 5.41 Å². The van der Waals surface area contributed by atoms with Crippen LogP contribution in [-0.4, -0.2) is 0 Å². The number of nitrogens with zero attached hydrogens (tertiary/aromatic N) is 1. The van der Waals surface area contributed by atoms with Crippen molar-refractivity contribution < 1.29 is 0 Å². The van der Waals surface area contributed by atoms with Crippen molar-refractivity contribution >= 4 is 38.6 Å². The smallest absolute Gasteiger partial charge is 0.0467 e. The van der Waals surface area contributed by atoms with Crippen LogP contribution >= 0.6 is 0 Å². The summed E-state index contributed by atoms with van der Waals surface area (Å²) < 4.78 is 0. The van der Waals surface area contributed by atoms with Crippen molar-refractivity contribution in [3.63, 3.8) is 0 Å². The van der Waals surface area contributed by atoms with Crippen LogP contribution in [-0.2, 0) is 5.41 Å². The Morgan fingerprint density at radius 1 is 0.315 bits per heavy atom. The summed E-state index contributed by atoms with van der Waals surface area (Å²) in [6.07, 6.45) is 0. The van der Waals surface area contributed by atoms with E-state index < -0.39 is 0 Å². The number of hydrogen-bond donors (Lipinski definition) is 0. The molecule has 0 amide bonds. The molecule has 1 nitrogen and oxygen atoms in total. The zero-order valence-corrected chi connectivity index (χ0v) is 30.5. The highest BCUT2D eigenvalue weighted by molar-refractivity contribution is 6.09. The molecule has 0 aromatic heterocycles. The topological polar surface area (TPSA) is 3.24 Å². The number of rotatable bonds is 6. The molecule has 1 heteroatoms. The molecule has 0 N–H and O–H groups in total. The van der Waals surface area contributed by atoms with E-state index in [0.717, 1.165) is 17.1 Å². The third-order valence-corrected chi connectivity index (χ3v) is 11.4. The van der Waals surface area contributed by atoms with Crippen LogP contribution in [0.2, 0.25) is 0 Å². The molecule has 0 unspecified atom stereocenters. The summed E-state index contributed by atoms with van der Waals surface area (Å²) in [5.41, 5.74) is 16.0. The number of anilines is 3. The third kappa shape index (κ3) is 5.40. The van der Waals surface area contributed by atoms with Crippen molar-refractivity contribution in [2.75, 3.05) is 4.90 Å². The van der Waals surface area contributed by atoms with Gasteiger partial charge in [-0.05, 0) is 126 Å². The predicted octanol–water partition coefficient (Wildman–Crippen LogP) is 14.8. The highest BCUT2D eigenvalue weighted by Crippen LogP contribution is 2.50. The Hall–Kier alpha value is -6.70. The van der Waals surface area contributed by atoms with Gasteiger partial charge < -0.3 is 4.90 Å². The predicted molar refractivity (Wildman–Crippen MR) is 230 cm³/mol. The van der Waals surface area contributed by atoms with Gasteiger partial charge >= 0.3 is 0 Å². The molecule has 9 aromatic carbocycles. The minimum Gasteiger partial charge on any atom is -0.310 e. The number of benzene rings is 9. The first-order valence-corrected chi connectivity index (χ1v) is 18.8. The molecule has 54 heavy (non-hydrogen) atoms. The number of fused-ring (bicyclic) bond motifs is 6. The molecule has 0 atom stereocenters. The summed E-state index contributed by atoms with van der Waals surface area (Å²) in [4.78, 5) is 2.41. The highest BCUT2D eigenvalue weighted by atomic mass is 15.1. The SMILES string of the molecule is CC1(C)c2ccccc2-c2ccc(N(c3ccc(-c4ccccc4)cc3)c3cccc(-c4ccc5c(ccc6cc(-c7ccccc7)ccc65)c4)c3)cc21. The van der Waals surface area contributed by atoms with Crippen LogP contribution in [0.3, 0.4) is 0 Å². The largest absolute Gasteiger partial charge is 0.310 e. The Kier molecular flexibility index (Phi) is 7.56. The van der Waals surface area contributed by atoms with Gasteiger partial charge in [-0.3, -0.25) is 0 Å². The van der Waals surface area contributed by atoms with Gasteiger partial charge in [-0.2, -0.15) is 0 Å². The third-order valence-electron chi connectivity index (χ3n) is 11.4. The summed E-state index contributed by atoms with van der Waals surface area (Å²) >= 11 is 0. The molecule has 0 saturated carbocycles. The van der Waals surface area contributed by atoms with E-state index in [1.54, 1.807) is 0 Å². The lowest BCUT2D eigenvalue weighted by molar-refractivity contribution is 0.660. The Balaban J connectivity index is 1.06. The van der Waals surface area contributed by atoms with E-state index in [1.807, 2.05) is 0 Å². The molecule has 0 spiro atoms. The minimum atomic E-state index is -0.0923. The summed E-state index contributed by atoms with van der Waals surface area (Å²) in [5.74, 6) is 0. The zero-order chi connectivity index (χ0) is 36.2. The van der Waals surface area contributed by atoms with Gasteiger partial charge in [0.05, 0.1) is 0 Å². The van der Waals surface area contributed by atoms with E-state index in [9.17, 15) is 0 Å². The van der Waals surface area contributed by atoms with Crippen LogP contribution < -0.4 is 4.90 Å². The lowest BCUT2D eigenvalue weighted by atomic mass is 9.82. The van der Waals surface area contributed by atoms with Gasteiger partial charge in [-0.15, -0.1) is 0 Å². The fraction of sp³-hybridized carbons (Fsp3) is 0.0566. The van der Waals surface area contributed by atoms with Crippen molar-refractivity contribution in [1.82, 2.24) is 0 Å². The van der Waals surface area contributed by atoms with Crippen LogP contribution in [0.1, 0.15) is 25.0 Å². The van der Waals surface area contributed by atoms with E-state index in [2.05, 4.69) is 219 Å². The molecule has 9 aromatic rings. The van der Waals surface area contributed by atoms with Crippen molar-refractivity contribution in [2.24, 2.45) is 0 Å². The van der Waals surface area contributed by atoms with Crippen LogP contribution in [0.4, 0.5) is 17.1 Å². The summed E-state index contributed by atoms with van der Waals surface area (Å²) in [5, 5.41) is 5.05. The zero-order valence-electron chi connectivity index (χ0n) is 30.5. The van der Waals surface area contributed by atoms with Gasteiger partial charge in [0.15, 0.2) is 0 Å². The van der Waals surface area contributed by atoms with Crippen LogP contribution in [0, 0.1) is 0 Å². The van der Waals surface area contributed by atoms with Gasteiger partial charge in [0, 0.05) is 22.5 Å². The lowest BCUT2D eigenvalue weighted by Gasteiger charge is -2.28. The quantitative estimate of drug-likeness (QED) is 0.157. The average molecular weight is 690 g/mol. The van der Waals surface area contributed by atoms with E-state index >= 15 is 0 Å². The lowest BCUT2D eigenvalue weighted by Crippen LogP contribution is -2.16. The van der Waals surface area contributed by atoms with Crippen molar-refractivity contribution in [1.29, 1.82) is 0 Å².